The second kappa shape index (κ2) is 11.0. The number of ether oxygens (including phenoxy) is 1. The van der Waals surface area contributed by atoms with Gasteiger partial charge in [-0.05, 0) is 42.8 Å². The van der Waals surface area contributed by atoms with E-state index < -0.39 is 6.03 Å². The van der Waals surface area contributed by atoms with Gasteiger partial charge in [0.25, 0.3) is 5.56 Å². The van der Waals surface area contributed by atoms with Crippen LogP contribution in [0.4, 0.5) is 16.2 Å². The van der Waals surface area contributed by atoms with Crippen LogP contribution in [0.15, 0.2) is 88.6 Å². The lowest BCUT2D eigenvalue weighted by molar-refractivity contribution is 0.256. The van der Waals surface area contributed by atoms with Crippen LogP contribution in [0.2, 0.25) is 0 Å². The van der Waals surface area contributed by atoms with Gasteiger partial charge in [0.1, 0.15) is 17.1 Å². The molecule has 0 aliphatic carbocycles. The monoisotopic (exact) mass is 511 g/mol. The molecular weight excluding hydrogens is 482 g/mol. The van der Waals surface area contributed by atoms with Gasteiger partial charge in [0.2, 0.25) is 0 Å². The van der Waals surface area contributed by atoms with E-state index in [1.54, 1.807) is 30.3 Å². The molecule has 0 bridgehead atoms. The number of urea groups is 1. The van der Waals surface area contributed by atoms with Crippen LogP contribution in [-0.2, 0) is 0 Å². The molecule has 4 rings (SSSR count). The summed E-state index contributed by atoms with van der Waals surface area (Å²) in [6.07, 6.45) is 4.36. The minimum Gasteiger partial charge on any atom is -0.455 e. The Labute approximate surface area is 219 Å². The number of rotatable bonds is 5. The van der Waals surface area contributed by atoms with Crippen molar-refractivity contribution in [1.82, 2.24) is 20.3 Å². The third-order valence-corrected chi connectivity index (χ3v) is 5.52. The number of amidine groups is 1. The molecule has 0 spiro atoms. The zero-order valence-corrected chi connectivity index (χ0v) is 21.6. The molecule has 4 aromatic rings. The first kappa shape index (κ1) is 26.1. The summed E-state index contributed by atoms with van der Waals surface area (Å²) >= 11 is 0. The minimum atomic E-state index is -0.470. The van der Waals surface area contributed by atoms with Crippen molar-refractivity contribution >= 4 is 34.4 Å². The zero-order chi connectivity index (χ0) is 27.3. The number of para-hydroxylation sites is 1. The Hall–Kier alpha value is -4.99. The van der Waals surface area contributed by atoms with E-state index in [9.17, 15) is 9.59 Å². The van der Waals surface area contributed by atoms with Crippen molar-refractivity contribution in [2.75, 3.05) is 5.32 Å². The number of benzene rings is 2. The third-order valence-electron chi connectivity index (χ3n) is 5.52. The summed E-state index contributed by atoms with van der Waals surface area (Å²) in [7, 11) is 0. The fourth-order valence-electron chi connectivity index (χ4n) is 3.35. The van der Waals surface area contributed by atoms with Crippen molar-refractivity contribution in [3.63, 3.8) is 0 Å². The Bertz CT molecular complexity index is 1590. The quantitative estimate of drug-likeness (QED) is 0.215. The lowest BCUT2D eigenvalue weighted by Crippen LogP contribution is -2.34. The number of anilines is 1. The Morgan fingerprint density at radius 1 is 1.11 bits per heavy atom. The lowest BCUT2D eigenvalue weighted by atomic mass is 9.92. The number of fused-ring (bicyclic) bond motifs is 1. The Balaban J connectivity index is 1.51. The number of nitrogens with two attached hydrogens (primary N) is 1. The maximum atomic E-state index is 12.9. The van der Waals surface area contributed by atoms with Gasteiger partial charge in [0, 0.05) is 35.1 Å². The van der Waals surface area contributed by atoms with Crippen molar-refractivity contribution < 1.29 is 9.53 Å². The van der Waals surface area contributed by atoms with Crippen LogP contribution >= 0.6 is 0 Å². The highest BCUT2D eigenvalue weighted by Crippen LogP contribution is 2.29. The van der Waals surface area contributed by atoms with Gasteiger partial charge in [-0.25, -0.2) is 19.8 Å². The number of hydrogen-bond donors (Lipinski definition) is 4. The number of pyridine rings is 1. The maximum Gasteiger partial charge on any atom is 0.324 e. The first-order valence-corrected chi connectivity index (χ1v) is 11.9. The molecule has 38 heavy (non-hydrogen) atoms. The van der Waals surface area contributed by atoms with Gasteiger partial charge in [0.15, 0.2) is 11.4 Å². The van der Waals surface area contributed by atoms with Gasteiger partial charge in [-0.2, -0.15) is 0 Å². The highest BCUT2D eigenvalue weighted by Gasteiger charge is 2.16. The molecule has 0 aliphatic rings. The van der Waals surface area contributed by atoms with Crippen LogP contribution < -0.4 is 26.7 Å². The molecule has 2 aromatic carbocycles. The van der Waals surface area contributed by atoms with Gasteiger partial charge in [-0.3, -0.25) is 10.1 Å². The highest BCUT2D eigenvalue weighted by atomic mass is 16.5. The summed E-state index contributed by atoms with van der Waals surface area (Å²) in [4.78, 5) is 39.8. The van der Waals surface area contributed by atoms with E-state index in [2.05, 4.69) is 30.6 Å². The van der Waals surface area contributed by atoms with E-state index in [4.69, 9.17) is 10.5 Å². The van der Waals surface area contributed by atoms with Crippen LogP contribution in [0.1, 0.15) is 26.3 Å². The standard InChI is InChI=1S/C28H29N7O3/c1-17-14-19(38-21-12-13-30-26-25(21)31-16-24(36)35-26)10-11-20(17)33-27(37)34-23(15-22(29)28(2,3)4)32-18-8-6-5-7-9-18/h5-16H,29H2,1-4H3,(H,30,35,36)(H2,32,33,34,37)/b22-15-. The van der Waals surface area contributed by atoms with Crippen LogP contribution in [0.3, 0.4) is 0 Å². The SMILES string of the molecule is Cc1cc(Oc2ccnc3[nH]c(=O)cnc23)ccc1NC(=O)NC(/C=C(\N)C(C)(C)C)=Nc1ccccc1. The van der Waals surface area contributed by atoms with Gasteiger partial charge < -0.3 is 20.8 Å². The molecule has 0 aliphatic heterocycles. The van der Waals surface area contributed by atoms with Crippen molar-refractivity contribution in [3.05, 3.63) is 94.7 Å². The molecular formula is C28H29N7O3. The summed E-state index contributed by atoms with van der Waals surface area (Å²) in [6, 6.07) is 15.7. The molecule has 0 saturated carbocycles. The van der Waals surface area contributed by atoms with Crippen LogP contribution in [0.25, 0.3) is 11.2 Å². The van der Waals surface area contributed by atoms with E-state index in [1.165, 1.54) is 12.4 Å². The Morgan fingerprint density at radius 2 is 1.87 bits per heavy atom. The first-order chi connectivity index (χ1) is 18.1. The number of amides is 2. The van der Waals surface area contributed by atoms with Crippen LogP contribution in [-0.4, -0.2) is 26.8 Å². The number of aliphatic imine (C=N–C) groups is 1. The lowest BCUT2D eigenvalue weighted by Gasteiger charge is -2.19. The highest BCUT2D eigenvalue weighted by molar-refractivity contribution is 6.09. The number of aromatic amines is 1. The van der Waals surface area contributed by atoms with Crippen LogP contribution in [0, 0.1) is 12.3 Å². The molecule has 10 heteroatoms. The fourth-order valence-corrected chi connectivity index (χ4v) is 3.35. The Morgan fingerprint density at radius 3 is 2.58 bits per heavy atom. The normalized spacial score (nSPS) is 12.3. The molecule has 0 radical (unpaired) electrons. The number of hydrogen-bond acceptors (Lipinski definition) is 7. The summed E-state index contributed by atoms with van der Waals surface area (Å²) in [6.45, 7) is 7.79. The van der Waals surface area contributed by atoms with E-state index in [1.807, 2.05) is 58.0 Å². The molecule has 0 atom stereocenters. The average Bonchev–Trinajstić information content (AvgIpc) is 2.85. The molecule has 2 amide bonds. The molecule has 194 valence electrons. The van der Waals surface area contributed by atoms with Gasteiger partial charge in [-0.1, -0.05) is 39.0 Å². The number of carbonyl (C=O) groups excluding carboxylic acids is 1. The zero-order valence-electron chi connectivity index (χ0n) is 21.6. The first-order valence-electron chi connectivity index (χ1n) is 11.9. The van der Waals surface area contributed by atoms with Gasteiger partial charge >= 0.3 is 6.03 Å². The molecule has 5 N–H and O–H groups in total. The maximum absolute atomic E-state index is 12.9. The topological polar surface area (TPSA) is 147 Å². The average molecular weight is 512 g/mol. The van der Waals surface area contributed by atoms with Crippen molar-refractivity contribution in [2.45, 2.75) is 27.7 Å². The van der Waals surface area contributed by atoms with Crippen LogP contribution in [0.5, 0.6) is 11.5 Å². The van der Waals surface area contributed by atoms with E-state index >= 15 is 0 Å². The molecule has 0 unspecified atom stereocenters. The smallest absolute Gasteiger partial charge is 0.324 e. The molecule has 10 nitrogen and oxygen atoms in total. The number of allylic oxidation sites excluding steroid dienone is 1. The number of aryl methyl sites for hydroxylation is 1. The summed E-state index contributed by atoms with van der Waals surface area (Å²) in [5.74, 6) is 1.28. The molecule has 0 saturated heterocycles. The van der Waals surface area contributed by atoms with Gasteiger partial charge in [-0.15, -0.1) is 0 Å². The molecule has 2 heterocycles. The Kier molecular flexibility index (Phi) is 7.52. The van der Waals surface area contributed by atoms with E-state index in [0.29, 0.717) is 45.6 Å². The van der Waals surface area contributed by atoms with E-state index in [-0.39, 0.29) is 11.0 Å². The fraction of sp³-hybridized carbons (Fsp3) is 0.179. The largest absolute Gasteiger partial charge is 0.455 e. The van der Waals surface area contributed by atoms with Crippen molar-refractivity contribution in [2.24, 2.45) is 16.1 Å². The van der Waals surface area contributed by atoms with E-state index in [0.717, 1.165) is 5.56 Å². The van der Waals surface area contributed by atoms with Crippen molar-refractivity contribution in [3.8, 4) is 11.5 Å². The number of nitrogens with zero attached hydrogens (tertiary/aromatic N) is 3. The summed E-state index contributed by atoms with van der Waals surface area (Å²) in [5, 5.41) is 5.64. The van der Waals surface area contributed by atoms with Gasteiger partial charge in [0.05, 0.1) is 11.9 Å². The summed E-state index contributed by atoms with van der Waals surface area (Å²) < 4.78 is 5.99. The minimum absolute atomic E-state index is 0.299. The third kappa shape index (κ3) is 6.61. The second-order valence-electron chi connectivity index (χ2n) is 9.59. The molecule has 0 fully saturated rings. The predicted octanol–water partition coefficient (Wildman–Crippen LogP) is 5.16. The predicted molar refractivity (Wildman–Crippen MR) is 149 cm³/mol. The second-order valence-corrected chi connectivity index (χ2v) is 9.59. The number of nitrogens with one attached hydrogen (secondary N) is 3. The molecule has 2 aromatic heterocycles. The summed E-state index contributed by atoms with van der Waals surface area (Å²) in [5.41, 5.74) is 8.97. The number of H-pyrrole nitrogens is 1. The number of carbonyl (C=O) groups is 1. The van der Waals surface area contributed by atoms with Crippen molar-refractivity contribution in [1.29, 1.82) is 0 Å². The number of aromatic nitrogens is 3.